The number of carbonyl (C=O) groups is 2. The molecule has 5 nitrogen and oxygen atoms in total. The van der Waals surface area contributed by atoms with Crippen molar-refractivity contribution in [2.45, 2.75) is 45.7 Å². The summed E-state index contributed by atoms with van der Waals surface area (Å²) in [5.74, 6) is 0.195. The molecule has 6 heteroatoms. The van der Waals surface area contributed by atoms with E-state index in [2.05, 4.69) is 20.8 Å². The lowest BCUT2D eigenvalue weighted by Gasteiger charge is -2.47. The first-order valence-corrected chi connectivity index (χ1v) is 8.29. The van der Waals surface area contributed by atoms with Crippen molar-refractivity contribution in [1.82, 2.24) is 4.90 Å². The van der Waals surface area contributed by atoms with E-state index in [1.54, 1.807) is 4.90 Å². The zero-order valence-electron chi connectivity index (χ0n) is 12.3. The third kappa shape index (κ3) is 2.55. The van der Waals surface area contributed by atoms with E-state index in [4.69, 9.17) is 5.73 Å². The Morgan fingerprint density at radius 2 is 2.00 bits per heavy atom. The topological polar surface area (TPSA) is 83.6 Å². The van der Waals surface area contributed by atoms with Gasteiger partial charge in [-0.25, -0.2) is 4.79 Å². The van der Waals surface area contributed by atoms with E-state index >= 15 is 0 Å². The van der Waals surface area contributed by atoms with Crippen LogP contribution < -0.4 is 5.73 Å². The van der Waals surface area contributed by atoms with Gasteiger partial charge in [0.2, 0.25) is 5.91 Å². The molecule has 4 unspecified atom stereocenters. The first-order valence-electron chi connectivity index (χ1n) is 7.13. The fourth-order valence-corrected chi connectivity index (χ4v) is 4.51. The van der Waals surface area contributed by atoms with E-state index < -0.39 is 12.0 Å². The van der Waals surface area contributed by atoms with E-state index in [1.165, 1.54) is 11.8 Å². The molecule has 0 aromatic carbocycles. The summed E-state index contributed by atoms with van der Waals surface area (Å²) in [5, 5.41) is 9.23. The molecule has 2 fully saturated rings. The van der Waals surface area contributed by atoms with E-state index in [0.29, 0.717) is 11.6 Å². The number of nitrogens with two attached hydrogens (primary N) is 1. The summed E-state index contributed by atoms with van der Waals surface area (Å²) in [6.07, 6.45) is 1.59. The zero-order valence-corrected chi connectivity index (χ0v) is 13.2. The Bertz CT molecular complexity index is 413. The van der Waals surface area contributed by atoms with E-state index in [9.17, 15) is 14.7 Å². The second kappa shape index (κ2) is 5.56. The summed E-state index contributed by atoms with van der Waals surface area (Å²) in [5.41, 5.74) is 5.93. The van der Waals surface area contributed by atoms with Gasteiger partial charge in [0.05, 0.1) is 5.88 Å². The third-order valence-corrected chi connectivity index (χ3v) is 6.26. The molecule has 0 radical (unpaired) electrons. The van der Waals surface area contributed by atoms with Crippen molar-refractivity contribution in [2.75, 3.05) is 11.6 Å². The maximum Gasteiger partial charge on any atom is 0.327 e. The van der Waals surface area contributed by atoms with Gasteiger partial charge in [0, 0.05) is 17.7 Å². The smallest absolute Gasteiger partial charge is 0.327 e. The first kappa shape index (κ1) is 15.6. The van der Waals surface area contributed by atoms with Crippen molar-refractivity contribution in [3.8, 4) is 0 Å². The van der Waals surface area contributed by atoms with Crippen molar-refractivity contribution in [3.63, 3.8) is 0 Å². The molecule has 1 saturated heterocycles. The van der Waals surface area contributed by atoms with Gasteiger partial charge in [-0.3, -0.25) is 4.79 Å². The highest BCUT2D eigenvalue weighted by Crippen LogP contribution is 2.45. The second-order valence-electron chi connectivity index (χ2n) is 6.57. The van der Waals surface area contributed by atoms with Crippen LogP contribution in [0.3, 0.4) is 0 Å². The maximum atomic E-state index is 12.8. The fourth-order valence-electron chi connectivity index (χ4n) is 3.36. The van der Waals surface area contributed by atoms with Gasteiger partial charge in [-0.2, -0.15) is 0 Å². The van der Waals surface area contributed by atoms with Gasteiger partial charge in [-0.05, 0) is 24.2 Å². The van der Waals surface area contributed by atoms with Crippen molar-refractivity contribution in [3.05, 3.63) is 0 Å². The molecular formula is C14H24N2O3S. The van der Waals surface area contributed by atoms with Crippen LogP contribution in [0.1, 0.15) is 33.6 Å². The van der Waals surface area contributed by atoms with Crippen LogP contribution in [0.15, 0.2) is 0 Å². The number of carboxylic acid groups (broad SMARTS) is 1. The Morgan fingerprint density at radius 3 is 2.60 bits per heavy atom. The molecule has 4 atom stereocenters. The average molecular weight is 300 g/mol. The minimum atomic E-state index is -0.901. The molecule has 0 aromatic rings. The van der Waals surface area contributed by atoms with Crippen molar-refractivity contribution in [2.24, 2.45) is 23.0 Å². The lowest BCUT2D eigenvalue weighted by molar-refractivity contribution is -0.153. The minimum Gasteiger partial charge on any atom is -0.480 e. The molecule has 0 bridgehead atoms. The summed E-state index contributed by atoms with van der Waals surface area (Å²) in [4.78, 5) is 25.6. The van der Waals surface area contributed by atoms with Gasteiger partial charge in [0.15, 0.2) is 0 Å². The van der Waals surface area contributed by atoms with Crippen LogP contribution >= 0.6 is 11.8 Å². The molecule has 1 aliphatic carbocycles. The number of amides is 1. The molecule has 1 heterocycles. The van der Waals surface area contributed by atoms with Crippen molar-refractivity contribution in [1.29, 1.82) is 0 Å². The molecule has 3 N–H and O–H groups in total. The molecule has 2 rings (SSSR count). The van der Waals surface area contributed by atoms with Gasteiger partial charge < -0.3 is 15.7 Å². The summed E-state index contributed by atoms with van der Waals surface area (Å²) in [6, 6.07) is -0.550. The summed E-state index contributed by atoms with van der Waals surface area (Å²) >= 11 is 1.51. The molecule has 1 amide bonds. The second-order valence-corrected chi connectivity index (χ2v) is 7.57. The predicted octanol–water partition coefficient (Wildman–Crippen LogP) is 1.37. The first-order chi connectivity index (χ1) is 9.26. The third-order valence-electron chi connectivity index (χ3n) is 5.25. The molecule has 0 spiro atoms. The minimum absolute atomic E-state index is 0.00819. The Balaban J connectivity index is 2.18. The van der Waals surface area contributed by atoms with Gasteiger partial charge >= 0.3 is 5.97 Å². The molecule has 114 valence electrons. The number of carbonyl (C=O) groups excluding carboxylic acids is 1. The highest BCUT2D eigenvalue weighted by molar-refractivity contribution is 7.99. The number of aliphatic carboxylic acids is 1. The number of rotatable bonds is 2. The van der Waals surface area contributed by atoms with Crippen LogP contribution in [-0.4, -0.2) is 45.6 Å². The molecule has 0 aromatic heterocycles. The van der Waals surface area contributed by atoms with Gasteiger partial charge in [0.1, 0.15) is 6.04 Å². The highest BCUT2D eigenvalue weighted by atomic mass is 32.2. The molecule has 2 aliphatic rings. The Kier molecular flexibility index (Phi) is 4.35. The van der Waals surface area contributed by atoms with Crippen molar-refractivity contribution < 1.29 is 14.7 Å². The van der Waals surface area contributed by atoms with Crippen LogP contribution in [0.4, 0.5) is 0 Å². The predicted molar refractivity (Wildman–Crippen MR) is 79.2 cm³/mol. The normalized spacial score (nSPS) is 36.9. The van der Waals surface area contributed by atoms with E-state index in [0.717, 1.165) is 12.8 Å². The summed E-state index contributed by atoms with van der Waals surface area (Å²) in [6.45, 7) is 6.26. The van der Waals surface area contributed by atoms with Crippen LogP contribution in [0, 0.1) is 17.3 Å². The zero-order chi connectivity index (χ0) is 15.1. The van der Waals surface area contributed by atoms with Crippen LogP contribution in [0.2, 0.25) is 0 Å². The summed E-state index contributed by atoms with van der Waals surface area (Å²) < 4.78 is 0. The average Bonchev–Trinajstić information content (AvgIpc) is 2.85. The van der Waals surface area contributed by atoms with Gasteiger partial charge in [0.25, 0.3) is 0 Å². The number of hydrogen-bond donors (Lipinski definition) is 2. The maximum absolute atomic E-state index is 12.8. The number of hydrogen-bond acceptors (Lipinski definition) is 4. The Labute approximate surface area is 124 Å². The quantitative estimate of drug-likeness (QED) is 0.805. The van der Waals surface area contributed by atoms with Gasteiger partial charge in [-0.1, -0.05) is 20.8 Å². The number of thioether (sulfide) groups is 1. The Morgan fingerprint density at radius 1 is 1.35 bits per heavy atom. The lowest BCUT2D eigenvalue weighted by atomic mass is 9.60. The van der Waals surface area contributed by atoms with Crippen LogP contribution in [0.5, 0.6) is 0 Å². The monoisotopic (exact) mass is 300 g/mol. The number of nitrogens with zero attached hydrogens (tertiary/aromatic N) is 1. The standard InChI is InChI=1S/C14H24N2O3S/c1-8-10(15)5-4-9(14(8,2)3)12(17)16-7-20-6-11(16)13(18)19/h8-11H,4-7,15H2,1-3H3,(H,18,19). The van der Waals surface area contributed by atoms with E-state index in [1.807, 2.05) is 0 Å². The summed E-state index contributed by atoms with van der Waals surface area (Å²) in [7, 11) is 0. The SMILES string of the molecule is CC1C(N)CCC(C(=O)N2CSCC2C(=O)O)C1(C)C. The fraction of sp³-hybridized carbons (Fsp3) is 0.857. The highest BCUT2D eigenvalue weighted by Gasteiger charge is 2.48. The molecule has 1 saturated carbocycles. The lowest BCUT2D eigenvalue weighted by Crippen LogP contribution is -2.54. The number of carboxylic acids is 1. The Hall–Kier alpha value is -0.750. The largest absolute Gasteiger partial charge is 0.480 e. The van der Waals surface area contributed by atoms with Crippen molar-refractivity contribution >= 4 is 23.6 Å². The molecule has 20 heavy (non-hydrogen) atoms. The van der Waals surface area contributed by atoms with E-state index in [-0.39, 0.29) is 29.2 Å². The van der Waals surface area contributed by atoms with Gasteiger partial charge in [-0.15, -0.1) is 11.8 Å². The molecular weight excluding hydrogens is 276 g/mol. The van der Waals surface area contributed by atoms with Crippen LogP contribution in [0.25, 0.3) is 0 Å². The van der Waals surface area contributed by atoms with Crippen LogP contribution in [-0.2, 0) is 9.59 Å². The molecule has 1 aliphatic heterocycles.